The van der Waals surface area contributed by atoms with Gasteiger partial charge < -0.3 is 14.5 Å². The lowest BCUT2D eigenvalue weighted by Crippen LogP contribution is -2.59. The second-order valence-electron chi connectivity index (χ2n) is 10.9. The number of hydrogen-bond donors (Lipinski definition) is 0. The second-order valence-corrected chi connectivity index (χ2v) is 10.9. The van der Waals surface area contributed by atoms with Crippen LogP contribution in [-0.4, -0.2) is 66.7 Å². The van der Waals surface area contributed by atoms with Gasteiger partial charge in [-0.25, -0.2) is 14.8 Å². The molecule has 5 rings (SSSR count). The van der Waals surface area contributed by atoms with Crippen molar-refractivity contribution in [2.75, 3.05) is 18.0 Å². The van der Waals surface area contributed by atoms with E-state index >= 15 is 0 Å². The summed E-state index contributed by atoms with van der Waals surface area (Å²) in [5.41, 5.74) is 0.246. The largest absolute Gasteiger partial charge is 0.444 e. The normalized spacial score (nSPS) is 21.0. The van der Waals surface area contributed by atoms with Crippen molar-refractivity contribution in [3.63, 3.8) is 0 Å². The molecule has 2 aliphatic rings. The average molecular weight is 518 g/mol. The number of alkyl halides is 3. The van der Waals surface area contributed by atoms with Gasteiger partial charge in [0, 0.05) is 30.6 Å². The van der Waals surface area contributed by atoms with Gasteiger partial charge in [0.05, 0.1) is 6.20 Å². The van der Waals surface area contributed by atoms with E-state index in [2.05, 4.69) is 25.1 Å². The summed E-state index contributed by atoms with van der Waals surface area (Å²) < 4.78 is 45.2. The number of halogens is 3. The van der Waals surface area contributed by atoms with Crippen LogP contribution in [0.4, 0.5) is 23.8 Å². The Kier molecular flexibility index (Phi) is 6.03. The molecule has 1 aliphatic heterocycles. The van der Waals surface area contributed by atoms with Crippen LogP contribution in [0, 0.1) is 0 Å². The van der Waals surface area contributed by atoms with Crippen LogP contribution in [0.2, 0.25) is 0 Å². The van der Waals surface area contributed by atoms with Gasteiger partial charge in [-0.1, -0.05) is 6.07 Å². The highest BCUT2D eigenvalue weighted by atomic mass is 19.4. The van der Waals surface area contributed by atoms with E-state index in [1.54, 1.807) is 11.0 Å². The lowest BCUT2D eigenvalue weighted by atomic mass is 10.0. The Bertz CT molecular complexity index is 1330. The first-order valence-corrected chi connectivity index (χ1v) is 12.4. The molecule has 3 heterocycles. The lowest BCUT2D eigenvalue weighted by Gasteiger charge is -2.45. The molecule has 37 heavy (non-hydrogen) atoms. The molecule has 1 aliphatic carbocycles. The highest BCUT2D eigenvalue weighted by Crippen LogP contribution is 2.46. The van der Waals surface area contributed by atoms with Gasteiger partial charge in [-0.05, 0) is 65.0 Å². The number of amides is 1. The summed E-state index contributed by atoms with van der Waals surface area (Å²) in [6.07, 6.45) is -0.767. The first kappa shape index (κ1) is 25.2. The van der Waals surface area contributed by atoms with Crippen molar-refractivity contribution < 1.29 is 22.7 Å². The van der Waals surface area contributed by atoms with Gasteiger partial charge in [0.2, 0.25) is 0 Å². The van der Waals surface area contributed by atoms with Gasteiger partial charge in [-0.2, -0.15) is 18.3 Å². The van der Waals surface area contributed by atoms with Gasteiger partial charge in [-0.15, -0.1) is 9.90 Å². The minimum absolute atomic E-state index is 0.0859. The number of piperazine rings is 1. The van der Waals surface area contributed by atoms with Crippen molar-refractivity contribution >= 4 is 22.8 Å². The van der Waals surface area contributed by atoms with Crippen LogP contribution in [0.15, 0.2) is 24.7 Å². The number of aromatic nitrogens is 5. The molecule has 0 unspecified atom stereocenters. The van der Waals surface area contributed by atoms with E-state index in [4.69, 9.17) is 4.74 Å². The number of ether oxygens (including phenoxy) is 1. The van der Waals surface area contributed by atoms with Gasteiger partial charge in [0.15, 0.2) is 5.69 Å². The monoisotopic (exact) mass is 517 g/mol. The van der Waals surface area contributed by atoms with E-state index in [1.165, 1.54) is 6.33 Å². The van der Waals surface area contributed by atoms with Crippen LogP contribution in [0.3, 0.4) is 0 Å². The molecule has 0 bridgehead atoms. The average Bonchev–Trinajstić information content (AvgIpc) is 3.52. The van der Waals surface area contributed by atoms with Crippen LogP contribution in [0.25, 0.3) is 16.6 Å². The molecule has 0 radical (unpaired) electrons. The van der Waals surface area contributed by atoms with Crippen LogP contribution in [-0.2, 0) is 10.9 Å². The molecule has 0 N–H and O–H groups in total. The molecule has 3 aromatic rings. The number of rotatable bonds is 3. The third-order valence-electron chi connectivity index (χ3n) is 6.68. The molecule has 0 spiro atoms. The number of anilines is 1. The molecule has 1 amide bonds. The topological polar surface area (TPSA) is 89.3 Å². The van der Waals surface area contributed by atoms with Crippen LogP contribution < -0.4 is 4.90 Å². The maximum Gasteiger partial charge on any atom is 0.436 e. The van der Waals surface area contributed by atoms with Crippen molar-refractivity contribution in [3.05, 3.63) is 35.9 Å². The Labute approximate surface area is 212 Å². The highest BCUT2D eigenvalue weighted by Gasteiger charge is 2.38. The minimum Gasteiger partial charge on any atom is -0.444 e. The van der Waals surface area contributed by atoms with Crippen LogP contribution >= 0.6 is 0 Å². The number of carbonyl (C=O) groups is 1. The van der Waals surface area contributed by atoms with E-state index in [-0.39, 0.29) is 18.2 Å². The molecular weight excluding hydrogens is 487 g/mol. The molecule has 1 aromatic carbocycles. The van der Waals surface area contributed by atoms with Crippen molar-refractivity contribution in [1.82, 2.24) is 29.9 Å². The Morgan fingerprint density at radius 1 is 1.05 bits per heavy atom. The van der Waals surface area contributed by atoms with Crippen LogP contribution in [0.1, 0.15) is 64.6 Å². The molecule has 2 fully saturated rings. The van der Waals surface area contributed by atoms with E-state index in [9.17, 15) is 18.0 Å². The fourth-order valence-corrected chi connectivity index (χ4v) is 4.79. The molecule has 2 aromatic heterocycles. The SMILES string of the molecule is C[C@@H]1CN(c2ncnc3c(-n4ncc(C(F)(F)F)n4)ccc(C4CC4)c23)[C@@H](C)CN1C(=O)OC(C)(C)C. The summed E-state index contributed by atoms with van der Waals surface area (Å²) >= 11 is 0. The zero-order chi connectivity index (χ0) is 26.7. The number of nitrogens with zero attached hydrogens (tertiary/aromatic N) is 7. The third kappa shape index (κ3) is 4.93. The van der Waals surface area contributed by atoms with Crippen molar-refractivity contribution in [1.29, 1.82) is 0 Å². The van der Waals surface area contributed by atoms with E-state index < -0.39 is 17.5 Å². The molecule has 198 valence electrons. The first-order chi connectivity index (χ1) is 17.3. The lowest BCUT2D eigenvalue weighted by molar-refractivity contribution is -0.141. The third-order valence-corrected chi connectivity index (χ3v) is 6.68. The Hall–Kier alpha value is -3.44. The molecule has 12 heteroatoms. The van der Waals surface area contributed by atoms with E-state index in [1.807, 2.05) is 40.7 Å². The van der Waals surface area contributed by atoms with Gasteiger partial charge in [0.1, 0.15) is 29.0 Å². The minimum atomic E-state index is -4.60. The fourth-order valence-electron chi connectivity index (χ4n) is 4.79. The Morgan fingerprint density at radius 3 is 2.41 bits per heavy atom. The summed E-state index contributed by atoms with van der Waals surface area (Å²) in [7, 11) is 0. The molecular formula is C25H30F3N7O2. The summed E-state index contributed by atoms with van der Waals surface area (Å²) in [6, 6.07) is 3.41. The first-order valence-electron chi connectivity index (χ1n) is 12.4. The zero-order valence-electron chi connectivity index (χ0n) is 21.5. The van der Waals surface area contributed by atoms with Gasteiger partial charge >= 0.3 is 12.3 Å². The van der Waals surface area contributed by atoms with Gasteiger partial charge in [-0.3, -0.25) is 0 Å². The van der Waals surface area contributed by atoms with Crippen LogP contribution in [0.5, 0.6) is 0 Å². The quantitative estimate of drug-likeness (QED) is 0.486. The predicted octanol–water partition coefficient (Wildman–Crippen LogP) is 4.94. The smallest absolute Gasteiger partial charge is 0.436 e. The van der Waals surface area contributed by atoms with E-state index in [0.717, 1.165) is 28.6 Å². The summed E-state index contributed by atoms with van der Waals surface area (Å²) in [5, 5.41) is 8.33. The number of carbonyl (C=O) groups excluding carboxylic acids is 1. The molecule has 2 atom stereocenters. The summed E-state index contributed by atoms with van der Waals surface area (Å²) in [6.45, 7) is 10.4. The molecule has 1 saturated heterocycles. The molecule has 1 saturated carbocycles. The number of fused-ring (bicyclic) bond motifs is 1. The van der Waals surface area contributed by atoms with Crippen molar-refractivity contribution in [2.45, 2.75) is 77.2 Å². The number of benzene rings is 1. The van der Waals surface area contributed by atoms with Crippen molar-refractivity contribution in [3.8, 4) is 5.69 Å². The predicted molar refractivity (Wildman–Crippen MR) is 131 cm³/mol. The fraction of sp³-hybridized carbons (Fsp3) is 0.560. The number of hydrogen-bond acceptors (Lipinski definition) is 7. The van der Waals surface area contributed by atoms with Gasteiger partial charge in [0.25, 0.3) is 0 Å². The second kappa shape index (κ2) is 8.84. The zero-order valence-corrected chi connectivity index (χ0v) is 21.5. The van der Waals surface area contributed by atoms with E-state index in [0.29, 0.717) is 42.2 Å². The van der Waals surface area contributed by atoms with Crippen molar-refractivity contribution in [2.24, 2.45) is 0 Å². The Balaban J connectivity index is 1.55. The summed E-state index contributed by atoms with van der Waals surface area (Å²) in [5.74, 6) is 1.04. The highest BCUT2D eigenvalue weighted by molar-refractivity contribution is 5.98. The standard InChI is InChI=1S/C25H30F3N7O2/c1-14-12-34(23(36)37-24(3,4)5)15(2)11-33(14)22-20-17(16-6-7-16)8-9-18(21(20)29-13-30-22)35-31-10-19(32-35)25(26,27)28/h8-10,13-16H,6-7,11-12H2,1-5H3/t14-,15+/m0/s1. The Morgan fingerprint density at radius 2 is 1.78 bits per heavy atom. The summed E-state index contributed by atoms with van der Waals surface area (Å²) in [4.78, 5) is 26.8. The maximum absolute atomic E-state index is 13.2. The molecule has 9 nitrogen and oxygen atoms in total. The maximum atomic E-state index is 13.2.